The van der Waals surface area contributed by atoms with Crippen LogP contribution in [-0.2, 0) is 6.42 Å². The van der Waals surface area contributed by atoms with Crippen molar-refractivity contribution in [3.05, 3.63) is 71.2 Å². The maximum absolute atomic E-state index is 13.0. The smallest absolute Gasteiger partial charge is 0.318 e. The fourth-order valence-electron chi connectivity index (χ4n) is 2.30. The first-order valence-corrected chi connectivity index (χ1v) is 7.04. The van der Waals surface area contributed by atoms with E-state index < -0.39 is 5.82 Å². The molecule has 0 saturated carbocycles. The predicted octanol–water partition coefficient (Wildman–Crippen LogP) is 3.08. The third kappa shape index (κ3) is 3.49. The Kier molecular flexibility index (Phi) is 4.14. The minimum Gasteiger partial charge on any atom is -0.459 e. The summed E-state index contributed by atoms with van der Waals surface area (Å²) in [6, 6.07) is 10.4. The molecule has 0 spiro atoms. The lowest BCUT2D eigenvalue weighted by atomic mass is 10.0. The SMILES string of the molecule is Nc1nc(OCC2=CCC(Cc3ccccc3)=C2)ncc1F. The Morgan fingerprint density at radius 3 is 2.82 bits per heavy atom. The number of nitrogens with zero attached hydrogens (tertiary/aromatic N) is 2. The van der Waals surface area contributed by atoms with Crippen LogP contribution in [0.25, 0.3) is 0 Å². The van der Waals surface area contributed by atoms with E-state index in [2.05, 4.69) is 34.3 Å². The molecule has 1 aromatic heterocycles. The van der Waals surface area contributed by atoms with Crippen molar-refractivity contribution in [2.45, 2.75) is 12.8 Å². The molecular formula is C17H16FN3O. The van der Waals surface area contributed by atoms with Crippen molar-refractivity contribution in [2.75, 3.05) is 12.3 Å². The molecule has 0 radical (unpaired) electrons. The van der Waals surface area contributed by atoms with Crippen molar-refractivity contribution in [3.63, 3.8) is 0 Å². The van der Waals surface area contributed by atoms with E-state index in [0.29, 0.717) is 6.61 Å². The van der Waals surface area contributed by atoms with Crippen LogP contribution in [0.3, 0.4) is 0 Å². The van der Waals surface area contributed by atoms with E-state index >= 15 is 0 Å². The van der Waals surface area contributed by atoms with Crippen LogP contribution < -0.4 is 10.5 Å². The number of allylic oxidation sites excluding steroid dienone is 2. The summed E-state index contributed by atoms with van der Waals surface area (Å²) in [4.78, 5) is 7.49. The molecule has 1 aromatic carbocycles. The second-order valence-corrected chi connectivity index (χ2v) is 5.12. The minimum absolute atomic E-state index is 0.0877. The molecule has 0 amide bonds. The summed E-state index contributed by atoms with van der Waals surface area (Å²) in [6.07, 6.45) is 7.10. The normalized spacial score (nSPS) is 13.7. The van der Waals surface area contributed by atoms with Crippen molar-refractivity contribution in [2.24, 2.45) is 0 Å². The van der Waals surface area contributed by atoms with Gasteiger partial charge in [-0.25, -0.2) is 9.37 Å². The van der Waals surface area contributed by atoms with Crippen LogP contribution in [0.1, 0.15) is 12.0 Å². The highest BCUT2D eigenvalue weighted by Gasteiger charge is 2.10. The predicted molar refractivity (Wildman–Crippen MR) is 82.8 cm³/mol. The van der Waals surface area contributed by atoms with Gasteiger partial charge < -0.3 is 10.5 Å². The lowest BCUT2D eigenvalue weighted by Gasteiger charge is -2.04. The van der Waals surface area contributed by atoms with Crippen molar-refractivity contribution < 1.29 is 9.13 Å². The molecule has 5 heteroatoms. The molecular weight excluding hydrogens is 281 g/mol. The van der Waals surface area contributed by atoms with E-state index in [9.17, 15) is 4.39 Å². The van der Waals surface area contributed by atoms with Crippen molar-refractivity contribution >= 4 is 5.82 Å². The first kappa shape index (κ1) is 14.3. The molecule has 2 N–H and O–H groups in total. The fraction of sp³-hybridized carbons (Fsp3) is 0.176. The molecule has 112 valence electrons. The van der Waals surface area contributed by atoms with Gasteiger partial charge in [0.15, 0.2) is 11.6 Å². The summed E-state index contributed by atoms with van der Waals surface area (Å²) in [5.41, 5.74) is 9.07. The van der Waals surface area contributed by atoms with Gasteiger partial charge in [0.2, 0.25) is 0 Å². The quantitative estimate of drug-likeness (QED) is 0.921. The Labute approximate surface area is 128 Å². The third-order valence-electron chi connectivity index (χ3n) is 3.41. The average molecular weight is 297 g/mol. The first-order chi connectivity index (χ1) is 10.7. The van der Waals surface area contributed by atoms with Gasteiger partial charge in [-0.05, 0) is 24.0 Å². The monoisotopic (exact) mass is 297 g/mol. The van der Waals surface area contributed by atoms with Crippen LogP contribution in [0, 0.1) is 5.82 Å². The molecule has 1 aliphatic carbocycles. The number of halogens is 1. The van der Waals surface area contributed by atoms with Crippen molar-refractivity contribution in [1.29, 1.82) is 0 Å². The number of ether oxygens (including phenoxy) is 1. The van der Waals surface area contributed by atoms with Gasteiger partial charge in [0, 0.05) is 0 Å². The molecule has 3 rings (SSSR count). The Hall–Kier alpha value is -2.69. The Morgan fingerprint density at radius 2 is 2.05 bits per heavy atom. The van der Waals surface area contributed by atoms with E-state index in [4.69, 9.17) is 10.5 Å². The number of nitrogens with two attached hydrogens (primary N) is 1. The topological polar surface area (TPSA) is 61.0 Å². The van der Waals surface area contributed by atoms with Crippen LogP contribution in [0.5, 0.6) is 6.01 Å². The summed E-state index contributed by atoms with van der Waals surface area (Å²) in [5.74, 6) is -0.844. The molecule has 1 aliphatic rings. The molecule has 0 saturated heterocycles. The van der Waals surface area contributed by atoms with Crippen molar-refractivity contribution in [3.8, 4) is 6.01 Å². The summed E-state index contributed by atoms with van der Waals surface area (Å²) in [6.45, 7) is 0.351. The van der Waals surface area contributed by atoms with Gasteiger partial charge >= 0.3 is 6.01 Å². The van der Waals surface area contributed by atoms with E-state index in [1.165, 1.54) is 11.1 Å². The number of anilines is 1. The number of rotatable bonds is 5. The fourth-order valence-corrected chi connectivity index (χ4v) is 2.30. The molecule has 0 fully saturated rings. The number of aromatic nitrogens is 2. The molecule has 1 heterocycles. The van der Waals surface area contributed by atoms with Crippen LogP contribution in [0.15, 0.2) is 59.8 Å². The number of nitrogen functional groups attached to an aromatic ring is 1. The van der Waals surface area contributed by atoms with Crippen molar-refractivity contribution in [1.82, 2.24) is 9.97 Å². The molecule has 4 nitrogen and oxygen atoms in total. The maximum atomic E-state index is 13.0. The molecule has 2 aromatic rings. The third-order valence-corrected chi connectivity index (χ3v) is 3.41. The number of hydrogen-bond donors (Lipinski definition) is 1. The largest absolute Gasteiger partial charge is 0.459 e. The molecule has 0 atom stereocenters. The molecule has 22 heavy (non-hydrogen) atoms. The van der Waals surface area contributed by atoms with Gasteiger partial charge in [-0.2, -0.15) is 4.98 Å². The lowest BCUT2D eigenvalue weighted by molar-refractivity contribution is 0.325. The van der Waals surface area contributed by atoms with Crippen LogP contribution >= 0.6 is 0 Å². The minimum atomic E-state index is -0.641. The van der Waals surface area contributed by atoms with Gasteiger partial charge in [0.05, 0.1) is 6.20 Å². The van der Waals surface area contributed by atoms with E-state index in [1.807, 2.05) is 18.2 Å². The average Bonchev–Trinajstić information content (AvgIpc) is 2.97. The van der Waals surface area contributed by atoms with Gasteiger partial charge in [0.25, 0.3) is 0 Å². The zero-order valence-corrected chi connectivity index (χ0v) is 12.0. The Balaban J connectivity index is 1.56. The van der Waals surface area contributed by atoms with Crippen LogP contribution in [0.2, 0.25) is 0 Å². The highest BCUT2D eigenvalue weighted by Crippen LogP contribution is 2.22. The summed E-state index contributed by atoms with van der Waals surface area (Å²) in [7, 11) is 0. The molecule has 0 aliphatic heterocycles. The van der Waals surface area contributed by atoms with Gasteiger partial charge in [0.1, 0.15) is 6.61 Å². The first-order valence-electron chi connectivity index (χ1n) is 7.04. The van der Waals surface area contributed by atoms with Crippen LogP contribution in [-0.4, -0.2) is 16.6 Å². The summed E-state index contributed by atoms with van der Waals surface area (Å²) >= 11 is 0. The number of hydrogen-bond acceptors (Lipinski definition) is 4. The second-order valence-electron chi connectivity index (χ2n) is 5.12. The highest BCUT2D eigenvalue weighted by atomic mass is 19.1. The van der Waals surface area contributed by atoms with Gasteiger partial charge in [-0.15, -0.1) is 0 Å². The zero-order chi connectivity index (χ0) is 15.4. The lowest BCUT2D eigenvalue weighted by Crippen LogP contribution is -2.05. The standard InChI is InChI=1S/C17H16FN3O/c18-15-10-20-17(21-16(15)19)22-11-14-7-6-13(9-14)8-12-4-2-1-3-5-12/h1-5,7,9-10H,6,8,11H2,(H2,19,20,21). The second kappa shape index (κ2) is 6.39. The van der Waals surface area contributed by atoms with E-state index in [0.717, 1.165) is 24.6 Å². The van der Waals surface area contributed by atoms with Gasteiger partial charge in [-0.1, -0.05) is 48.1 Å². The van der Waals surface area contributed by atoms with Gasteiger partial charge in [-0.3, -0.25) is 0 Å². The molecule has 0 bridgehead atoms. The Morgan fingerprint density at radius 1 is 1.23 bits per heavy atom. The van der Waals surface area contributed by atoms with E-state index in [1.54, 1.807) is 0 Å². The maximum Gasteiger partial charge on any atom is 0.318 e. The summed E-state index contributed by atoms with van der Waals surface area (Å²) < 4.78 is 18.4. The number of benzene rings is 1. The summed E-state index contributed by atoms with van der Waals surface area (Å²) in [5, 5.41) is 0. The van der Waals surface area contributed by atoms with Crippen LogP contribution in [0.4, 0.5) is 10.2 Å². The Bertz CT molecular complexity index is 726. The van der Waals surface area contributed by atoms with E-state index in [-0.39, 0.29) is 11.8 Å². The highest BCUT2D eigenvalue weighted by molar-refractivity contribution is 5.36. The zero-order valence-electron chi connectivity index (χ0n) is 12.0. The molecule has 0 unspecified atom stereocenters.